The van der Waals surface area contributed by atoms with Crippen LogP contribution in [0.3, 0.4) is 0 Å². The second kappa shape index (κ2) is 5.11. The Kier molecular flexibility index (Phi) is 3.31. The highest BCUT2D eigenvalue weighted by Crippen LogP contribution is 2.39. The topological polar surface area (TPSA) is 60.2 Å². The lowest BCUT2D eigenvalue weighted by molar-refractivity contribution is -0.238. The molecule has 3 rings (SSSR count). The molecule has 0 bridgehead atoms. The molecule has 1 N–H and O–H groups in total. The van der Waals surface area contributed by atoms with E-state index in [0.717, 1.165) is 24.8 Å². The second-order valence-corrected chi connectivity index (χ2v) is 4.80. The first-order valence-electron chi connectivity index (χ1n) is 6.57. The standard InChI is InChI=1S/C14H17N3O2/c18-14(12-6-2-1-3-7-12)13(8-4-5-9-19-14)17-11-15-10-16-17/h1-3,6-7,10-11,13,18H,4-5,8-9H2. The van der Waals surface area contributed by atoms with Crippen molar-refractivity contribution in [2.24, 2.45) is 0 Å². The van der Waals surface area contributed by atoms with E-state index in [2.05, 4.69) is 10.1 Å². The van der Waals surface area contributed by atoms with Crippen molar-refractivity contribution in [2.75, 3.05) is 6.61 Å². The molecule has 2 aromatic rings. The van der Waals surface area contributed by atoms with Gasteiger partial charge in [0.2, 0.25) is 5.79 Å². The van der Waals surface area contributed by atoms with Gasteiger partial charge in [0.25, 0.3) is 0 Å². The average Bonchev–Trinajstić information content (AvgIpc) is 2.90. The van der Waals surface area contributed by atoms with Gasteiger partial charge in [-0.3, -0.25) is 0 Å². The highest BCUT2D eigenvalue weighted by molar-refractivity contribution is 5.21. The lowest BCUT2D eigenvalue weighted by Gasteiger charge is -2.34. The van der Waals surface area contributed by atoms with Crippen LogP contribution in [0.25, 0.3) is 0 Å². The number of aromatic nitrogens is 3. The van der Waals surface area contributed by atoms with Crippen molar-refractivity contribution < 1.29 is 9.84 Å². The summed E-state index contributed by atoms with van der Waals surface area (Å²) in [6.07, 6.45) is 5.87. The van der Waals surface area contributed by atoms with Crippen molar-refractivity contribution in [3.63, 3.8) is 0 Å². The number of ether oxygens (including phenoxy) is 1. The SMILES string of the molecule is OC1(c2ccccc2)OCCCCC1n1cncn1. The first-order chi connectivity index (χ1) is 9.31. The molecule has 1 aromatic heterocycles. The Morgan fingerprint density at radius 3 is 2.84 bits per heavy atom. The molecule has 0 radical (unpaired) electrons. The molecule has 2 unspecified atom stereocenters. The Balaban J connectivity index is 2.03. The molecule has 100 valence electrons. The van der Waals surface area contributed by atoms with Gasteiger partial charge in [-0.15, -0.1) is 0 Å². The summed E-state index contributed by atoms with van der Waals surface area (Å²) in [5.41, 5.74) is 0.761. The van der Waals surface area contributed by atoms with Gasteiger partial charge in [0.1, 0.15) is 18.7 Å². The molecule has 1 aliphatic heterocycles. The van der Waals surface area contributed by atoms with Gasteiger partial charge in [0, 0.05) is 5.56 Å². The Hall–Kier alpha value is -1.72. The Morgan fingerprint density at radius 2 is 2.11 bits per heavy atom. The van der Waals surface area contributed by atoms with Gasteiger partial charge >= 0.3 is 0 Å². The lowest BCUT2D eigenvalue weighted by Crippen LogP contribution is -2.39. The van der Waals surface area contributed by atoms with Crippen molar-refractivity contribution in [3.05, 3.63) is 48.5 Å². The summed E-state index contributed by atoms with van der Waals surface area (Å²) in [6, 6.07) is 9.25. The molecule has 0 amide bonds. The van der Waals surface area contributed by atoms with Gasteiger partial charge in [-0.1, -0.05) is 30.3 Å². The fourth-order valence-corrected chi connectivity index (χ4v) is 2.60. The van der Waals surface area contributed by atoms with Crippen molar-refractivity contribution in [3.8, 4) is 0 Å². The van der Waals surface area contributed by atoms with E-state index < -0.39 is 5.79 Å². The molecule has 1 fully saturated rings. The number of rotatable bonds is 2. The summed E-state index contributed by atoms with van der Waals surface area (Å²) in [6.45, 7) is 0.552. The van der Waals surface area contributed by atoms with Gasteiger partial charge in [0.15, 0.2) is 0 Å². The van der Waals surface area contributed by atoms with Crippen LogP contribution in [0.15, 0.2) is 43.0 Å². The summed E-state index contributed by atoms with van der Waals surface area (Å²) in [7, 11) is 0. The monoisotopic (exact) mass is 259 g/mol. The molecular formula is C14H17N3O2. The van der Waals surface area contributed by atoms with E-state index in [1.165, 1.54) is 6.33 Å². The minimum atomic E-state index is -1.34. The fourth-order valence-electron chi connectivity index (χ4n) is 2.60. The summed E-state index contributed by atoms with van der Waals surface area (Å²) in [5, 5.41) is 15.2. The van der Waals surface area contributed by atoms with Crippen LogP contribution in [0, 0.1) is 0 Å². The van der Waals surface area contributed by atoms with Crippen LogP contribution in [0.4, 0.5) is 0 Å². The van der Waals surface area contributed by atoms with Crippen molar-refractivity contribution in [1.82, 2.24) is 14.8 Å². The molecule has 1 aliphatic rings. The van der Waals surface area contributed by atoms with Crippen LogP contribution in [0.1, 0.15) is 30.9 Å². The molecule has 5 nitrogen and oxygen atoms in total. The van der Waals surface area contributed by atoms with E-state index in [1.807, 2.05) is 30.3 Å². The van der Waals surface area contributed by atoms with E-state index in [9.17, 15) is 5.11 Å². The Bertz CT molecular complexity index is 515. The number of nitrogens with zero attached hydrogens (tertiary/aromatic N) is 3. The molecule has 2 heterocycles. The zero-order chi connectivity index (χ0) is 13.1. The number of hydrogen-bond donors (Lipinski definition) is 1. The summed E-state index contributed by atoms with van der Waals surface area (Å²) < 4.78 is 7.47. The maximum atomic E-state index is 11.0. The molecule has 1 aromatic carbocycles. The van der Waals surface area contributed by atoms with Gasteiger partial charge in [-0.2, -0.15) is 5.10 Å². The quantitative estimate of drug-likeness (QED) is 0.894. The first-order valence-corrected chi connectivity index (χ1v) is 6.57. The number of hydrogen-bond acceptors (Lipinski definition) is 4. The van der Waals surface area contributed by atoms with Crippen LogP contribution in [0.2, 0.25) is 0 Å². The predicted octanol–water partition coefficient (Wildman–Crippen LogP) is 1.86. The molecular weight excluding hydrogens is 242 g/mol. The lowest BCUT2D eigenvalue weighted by atomic mass is 9.95. The maximum Gasteiger partial charge on any atom is 0.215 e. The zero-order valence-corrected chi connectivity index (χ0v) is 10.6. The maximum absolute atomic E-state index is 11.0. The molecule has 0 aliphatic carbocycles. The summed E-state index contributed by atoms with van der Waals surface area (Å²) >= 11 is 0. The van der Waals surface area contributed by atoms with Crippen molar-refractivity contribution in [2.45, 2.75) is 31.1 Å². The average molecular weight is 259 g/mol. The molecule has 0 spiro atoms. The molecule has 1 saturated heterocycles. The van der Waals surface area contributed by atoms with Crippen LogP contribution in [-0.2, 0) is 10.5 Å². The van der Waals surface area contributed by atoms with E-state index in [-0.39, 0.29) is 6.04 Å². The zero-order valence-electron chi connectivity index (χ0n) is 10.6. The number of aliphatic hydroxyl groups is 1. The van der Waals surface area contributed by atoms with E-state index >= 15 is 0 Å². The van der Waals surface area contributed by atoms with E-state index in [4.69, 9.17) is 4.74 Å². The Labute approximate surface area is 111 Å². The van der Waals surface area contributed by atoms with Gasteiger partial charge in [-0.25, -0.2) is 9.67 Å². The largest absolute Gasteiger partial charge is 0.360 e. The minimum absolute atomic E-state index is 0.250. The fraction of sp³-hybridized carbons (Fsp3) is 0.429. The predicted molar refractivity (Wildman–Crippen MR) is 69.2 cm³/mol. The van der Waals surface area contributed by atoms with Gasteiger partial charge in [-0.05, 0) is 19.3 Å². The normalized spacial score (nSPS) is 27.9. The van der Waals surface area contributed by atoms with Crippen LogP contribution < -0.4 is 0 Å². The second-order valence-electron chi connectivity index (χ2n) is 4.80. The van der Waals surface area contributed by atoms with Crippen molar-refractivity contribution >= 4 is 0 Å². The molecule has 5 heteroatoms. The van der Waals surface area contributed by atoms with Gasteiger partial charge in [0.05, 0.1) is 6.61 Å². The molecule has 19 heavy (non-hydrogen) atoms. The first kappa shape index (κ1) is 12.3. The highest BCUT2D eigenvalue weighted by Gasteiger charge is 2.42. The van der Waals surface area contributed by atoms with E-state index in [0.29, 0.717) is 6.61 Å². The van der Waals surface area contributed by atoms with Crippen LogP contribution in [-0.4, -0.2) is 26.5 Å². The molecule has 0 saturated carbocycles. The summed E-state index contributed by atoms with van der Waals surface area (Å²) in [4.78, 5) is 3.97. The van der Waals surface area contributed by atoms with Crippen LogP contribution >= 0.6 is 0 Å². The summed E-state index contributed by atoms with van der Waals surface area (Å²) in [5.74, 6) is -1.34. The van der Waals surface area contributed by atoms with Crippen LogP contribution in [0.5, 0.6) is 0 Å². The number of benzene rings is 1. The third-order valence-electron chi connectivity index (χ3n) is 3.59. The Morgan fingerprint density at radius 1 is 1.26 bits per heavy atom. The van der Waals surface area contributed by atoms with Crippen molar-refractivity contribution in [1.29, 1.82) is 0 Å². The molecule has 2 atom stereocenters. The van der Waals surface area contributed by atoms with E-state index in [1.54, 1.807) is 11.0 Å². The highest BCUT2D eigenvalue weighted by atomic mass is 16.6. The third-order valence-corrected chi connectivity index (χ3v) is 3.59. The van der Waals surface area contributed by atoms with Gasteiger partial charge < -0.3 is 9.84 Å². The minimum Gasteiger partial charge on any atom is -0.360 e. The smallest absolute Gasteiger partial charge is 0.215 e. The third kappa shape index (κ3) is 2.27.